The first-order valence-electron chi connectivity index (χ1n) is 9.69. The van der Waals surface area contributed by atoms with Gasteiger partial charge in [0.15, 0.2) is 0 Å². The number of hydrogen-bond donors (Lipinski definition) is 1. The van der Waals surface area contributed by atoms with E-state index in [1.165, 1.54) is 0 Å². The molecule has 1 aromatic heterocycles. The highest BCUT2D eigenvalue weighted by Crippen LogP contribution is 2.33. The van der Waals surface area contributed by atoms with Crippen LogP contribution in [-0.2, 0) is 11.3 Å². The van der Waals surface area contributed by atoms with E-state index in [-0.39, 0.29) is 24.3 Å². The summed E-state index contributed by atoms with van der Waals surface area (Å²) in [5.41, 5.74) is 4.82. The average molecular weight is 385 g/mol. The van der Waals surface area contributed by atoms with Crippen LogP contribution in [0.3, 0.4) is 0 Å². The molecule has 5 nitrogen and oxygen atoms in total. The lowest BCUT2D eigenvalue weighted by atomic mass is 10.00. The summed E-state index contributed by atoms with van der Waals surface area (Å²) in [6.45, 7) is 4.47. The molecular formula is C24H23N3O2. The van der Waals surface area contributed by atoms with Crippen molar-refractivity contribution in [3.05, 3.63) is 94.7 Å². The average Bonchev–Trinajstić information content (AvgIpc) is 3.04. The minimum Gasteiger partial charge on any atom is -0.327 e. The number of benzene rings is 2. The van der Waals surface area contributed by atoms with Crippen molar-refractivity contribution in [3.8, 4) is 0 Å². The van der Waals surface area contributed by atoms with Crippen LogP contribution in [0.5, 0.6) is 0 Å². The molecule has 2 heterocycles. The lowest BCUT2D eigenvalue weighted by Crippen LogP contribution is -2.32. The predicted molar refractivity (Wildman–Crippen MR) is 112 cm³/mol. The van der Waals surface area contributed by atoms with Crippen LogP contribution in [0.4, 0.5) is 5.82 Å². The Labute approximate surface area is 170 Å². The molecule has 1 atom stereocenters. The number of aryl methyl sites for hydroxylation is 2. The van der Waals surface area contributed by atoms with Crippen LogP contribution in [0.15, 0.2) is 66.9 Å². The maximum atomic E-state index is 13.0. The normalized spacial score (nSPS) is 13.9. The monoisotopic (exact) mass is 385 g/mol. The quantitative estimate of drug-likeness (QED) is 0.707. The van der Waals surface area contributed by atoms with Gasteiger partial charge in [0.25, 0.3) is 5.91 Å². The fraction of sp³-hybridized carbons (Fsp3) is 0.208. The Bertz CT molecular complexity index is 1060. The standard InChI is InChI=1S/C24H23N3O2/c1-16-7-9-18(10-8-16)21(14-23(28)26-22-13-17(2)11-12-25-22)27-15-19-5-3-4-6-20(19)24(27)29/h3-13,21H,14-15H2,1-2H3,(H,25,26,28). The number of nitrogens with zero attached hydrogens (tertiary/aromatic N) is 2. The third-order valence-electron chi connectivity index (χ3n) is 5.25. The lowest BCUT2D eigenvalue weighted by molar-refractivity contribution is -0.117. The second-order valence-electron chi connectivity index (χ2n) is 7.49. The van der Waals surface area contributed by atoms with Crippen LogP contribution in [-0.4, -0.2) is 21.7 Å². The van der Waals surface area contributed by atoms with Gasteiger partial charge < -0.3 is 10.2 Å². The highest BCUT2D eigenvalue weighted by atomic mass is 16.2. The number of carbonyl (C=O) groups is 2. The molecule has 0 radical (unpaired) electrons. The second-order valence-corrected chi connectivity index (χ2v) is 7.49. The van der Waals surface area contributed by atoms with Crippen molar-refractivity contribution in [3.63, 3.8) is 0 Å². The highest BCUT2D eigenvalue weighted by Gasteiger charge is 2.34. The Morgan fingerprint density at radius 1 is 1.07 bits per heavy atom. The number of pyridine rings is 1. The number of hydrogen-bond acceptors (Lipinski definition) is 3. The Kier molecular flexibility index (Phi) is 5.12. The smallest absolute Gasteiger partial charge is 0.255 e. The molecule has 1 aliphatic rings. The van der Waals surface area contributed by atoms with E-state index in [1.807, 2.05) is 74.5 Å². The molecule has 1 aliphatic heterocycles. The van der Waals surface area contributed by atoms with E-state index in [9.17, 15) is 9.59 Å². The van der Waals surface area contributed by atoms with Crippen LogP contribution in [0.25, 0.3) is 0 Å². The summed E-state index contributed by atoms with van der Waals surface area (Å²) in [4.78, 5) is 31.9. The molecule has 0 aliphatic carbocycles. The molecule has 0 saturated heterocycles. The molecule has 0 saturated carbocycles. The number of aromatic nitrogens is 1. The van der Waals surface area contributed by atoms with Crippen molar-refractivity contribution in [2.24, 2.45) is 0 Å². The lowest BCUT2D eigenvalue weighted by Gasteiger charge is -2.28. The maximum Gasteiger partial charge on any atom is 0.255 e. The Morgan fingerprint density at radius 3 is 2.55 bits per heavy atom. The van der Waals surface area contributed by atoms with Crippen LogP contribution in [0.1, 0.15) is 45.1 Å². The summed E-state index contributed by atoms with van der Waals surface area (Å²) in [6, 6.07) is 19.0. The Balaban J connectivity index is 1.60. The summed E-state index contributed by atoms with van der Waals surface area (Å²) in [6.07, 6.45) is 1.83. The van der Waals surface area contributed by atoms with Gasteiger partial charge in [-0.15, -0.1) is 0 Å². The summed E-state index contributed by atoms with van der Waals surface area (Å²) >= 11 is 0. The molecule has 4 rings (SSSR count). The Hall–Kier alpha value is -3.47. The maximum absolute atomic E-state index is 13.0. The van der Waals surface area contributed by atoms with Gasteiger partial charge in [-0.25, -0.2) is 4.98 Å². The molecule has 29 heavy (non-hydrogen) atoms. The third-order valence-corrected chi connectivity index (χ3v) is 5.25. The van der Waals surface area contributed by atoms with Crippen LogP contribution in [0, 0.1) is 13.8 Å². The largest absolute Gasteiger partial charge is 0.327 e. The predicted octanol–water partition coefficient (Wildman–Crippen LogP) is 4.42. The number of fused-ring (bicyclic) bond motifs is 1. The van der Waals surface area contributed by atoms with Gasteiger partial charge in [0.1, 0.15) is 5.82 Å². The summed E-state index contributed by atoms with van der Waals surface area (Å²) in [7, 11) is 0. The molecule has 0 fully saturated rings. The van der Waals surface area contributed by atoms with Crippen molar-refractivity contribution >= 4 is 17.6 Å². The van der Waals surface area contributed by atoms with E-state index in [0.717, 1.165) is 22.3 Å². The number of carbonyl (C=O) groups excluding carboxylic acids is 2. The molecule has 1 unspecified atom stereocenters. The molecule has 0 bridgehead atoms. The summed E-state index contributed by atoms with van der Waals surface area (Å²) in [5, 5.41) is 2.87. The molecular weight excluding hydrogens is 362 g/mol. The fourth-order valence-electron chi connectivity index (χ4n) is 3.70. The van der Waals surface area contributed by atoms with E-state index in [2.05, 4.69) is 10.3 Å². The van der Waals surface area contributed by atoms with Crippen molar-refractivity contribution in [1.29, 1.82) is 0 Å². The molecule has 2 amide bonds. The zero-order valence-corrected chi connectivity index (χ0v) is 16.6. The molecule has 0 spiro atoms. The zero-order chi connectivity index (χ0) is 20.4. The van der Waals surface area contributed by atoms with Crippen molar-refractivity contribution in [2.45, 2.75) is 32.9 Å². The first kappa shape index (κ1) is 18.9. The summed E-state index contributed by atoms with van der Waals surface area (Å²) < 4.78 is 0. The zero-order valence-electron chi connectivity index (χ0n) is 16.6. The van der Waals surface area contributed by atoms with Crippen molar-refractivity contribution < 1.29 is 9.59 Å². The van der Waals surface area contributed by atoms with Crippen LogP contribution in [0.2, 0.25) is 0 Å². The molecule has 5 heteroatoms. The van der Waals surface area contributed by atoms with Gasteiger partial charge in [-0.05, 0) is 48.7 Å². The first-order chi connectivity index (χ1) is 14.0. The molecule has 3 aromatic rings. The minimum absolute atomic E-state index is 0.0346. The fourth-order valence-corrected chi connectivity index (χ4v) is 3.70. The van der Waals surface area contributed by atoms with Gasteiger partial charge >= 0.3 is 0 Å². The van der Waals surface area contributed by atoms with Gasteiger partial charge in [0.05, 0.1) is 12.5 Å². The van der Waals surface area contributed by atoms with Crippen molar-refractivity contribution in [2.75, 3.05) is 5.32 Å². The van der Waals surface area contributed by atoms with E-state index < -0.39 is 0 Å². The minimum atomic E-state index is -0.347. The highest BCUT2D eigenvalue weighted by molar-refractivity contribution is 5.99. The third kappa shape index (κ3) is 4.04. The van der Waals surface area contributed by atoms with E-state index in [4.69, 9.17) is 0 Å². The number of rotatable bonds is 5. The van der Waals surface area contributed by atoms with Gasteiger partial charge in [-0.2, -0.15) is 0 Å². The van der Waals surface area contributed by atoms with Gasteiger partial charge in [0, 0.05) is 18.3 Å². The molecule has 2 aromatic carbocycles. The molecule has 146 valence electrons. The van der Waals surface area contributed by atoms with E-state index >= 15 is 0 Å². The molecule has 1 N–H and O–H groups in total. The van der Waals surface area contributed by atoms with E-state index in [1.54, 1.807) is 11.1 Å². The van der Waals surface area contributed by atoms with E-state index in [0.29, 0.717) is 17.9 Å². The summed E-state index contributed by atoms with van der Waals surface area (Å²) in [5.74, 6) is 0.318. The second kappa shape index (κ2) is 7.87. The van der Waals surface area contributed by atoms with Gasteiger partial charge in [0.2, 0.25) is 5.91 Å². The van der Waals surface area contributed by atoms with Crippen LogP contribution >= 0.6 is 0 Å². The van der Waals surface area contributed by atoms with Crippen LogP contribution < -0.4 is 5.32 Å². The SMILES string of the molecule is Cc1ccc(C(CC(=O)Nc2cc(C)ccn2)N2Cc3ccccc3C2=O)cc1. The first-order valence-corrected chi connectivity index (χ1v) is 9.69. The van der Waals surface area contributed by atoms with Gasteiger partial charge in [-0.1, -0.05) is 48.0 Å². The van der Waals surface area contributed by atoms with Gasteiger partial charge in [-0.3, -0.25) is 9.59 Å². The Morgan fingerprint density at radius 2 is 1.83 bits per heavy atom. The number of nitrogens with one attached hydrogen (secondary N) is 1. The topological polar surface area (TPSA) is 62.3 Å². The van der Waals surface area contributed by atoms with Crippen molar-refractivity contribution in [1.82, 2.24) is 9.88 Å². The number of amides is 2. The number of anilines is 1.